The van der Waals surface area contributed by atoms with Crippen molar-refractivity contribution in [3.8, 4) is 0 Å². The lowest BCUT2D eigenvalue weighted by atomic mass is 9.98. The number of hydrogen-bond acceptors (Lipinski definition) is 4. The van der Waals surface area contributed by atoms with Crippen LogP contribution in [0.1, 0.15) is 26.7 Å². The van der Waals surface area contributed by atoms with Crippen LogP contribution in [-0.4, -0.2) is 27.0 Å². The molecule has 0 spiro atoms. The van der Waals surface area contributed by atoms with Gasteiger partial charge in [-0.3, -0.25) is 4.79 Å². The lowest BCUT2D eigenvalue weighted by Gasteiger charge is -2.25. The first-order valence-electron chi connectivity index (χ1n) is 4.15. The second-order valence-electron chi connectivity index (χ2n) is 3.22. The van der Waals surface area contributed by atoms with E-state index < -0.39 is 21.7 Å². The first-order valence-corrected chi connectivity index (χ1v) is 5.70. The molecule has 1 unspecified atom stereocenters. The summed E-state index contributed by atoms with van der Waals surface area (Å²) in [6.07, 6.45) is 0.963. The van der Waals surface area contributed by atoms with Crippen LogP contribution in [-0.2, 0) is 19.7 Å². The molecular weight excluding hydrogens is 208 g/mol. The Morgan fingerprint density at radius 2 is 2.07 bits per heavy atom. The Morgan fingerprint density at radius 3 is 2.36 bits per heavy atom. The number of nitrogens with two attached hydrogens (primary N) is 1. The van der Waals surface area contributed by atoms with Crippen molar-refractivity contribution >= 4 is 16.2 Å². The number of carbonyl (C=O) groups is 1. The molecule has 1 atom stereocenters. The summed E-state index contributed by atoms with van der Waals surface area (Å²) < 4.78 is 28.2. The van der Waals surface area contributed by atoms with E-state index in [1.54, 1.807) is 0 Å². The Morgan fingerprint density at radius 1 is 1.57 bits per heavy atom. The molecule has 0 aromatic rings. The highest BCUT2D eigenvalue weighted by Crippen LogP contribution is 2.14. The van der Waals surface area contributed by atoms with Gasteiger partial charge in [-0.15, -0.1) is 0 Å². The van der Waals surface area contributed by atoms with E-state index in [2.05, 4.69) is 9.46 Å². The molecule has 84 valence electrons. The highest BCUT2D eigenvalue weighted by atomic mass is 32.2. The van der Waals surface area contributed by atoms with Crippen molar-refractivity contribution in [3.05, 3.63) is 0 Å². The van der Waals surface area contributed by atoms with Gasteiger partial charge in [0, 0.05) is 0 Å². The van der Waals surface area contributed by atoms with E-state index in [0.717, 1.165) is 0 Å². The summed E-state index contributed by atoms with van der Waals surface area (Å²) in [7, 11) is -2.71. The number of rotatable bonds is 5. The highest BCUT2D eigenvalue weighted by Gasteiger charge is 2.36. The Balaban J connectivity index is 4.81. The average molecular weight is 224 g/mol. The fourth-order valence-corrected chi connectivity index (χ4v) is 2.05. The predicted molar refractivity (Wildman–Crippen MR) is 51.6 cm³/mol. The van der Waals surface area contributed by atoms with E-state index in [1.807, 2.05) is 6.92 Å². The Hall–Kier alpha value is -0.660. The van der Waals surface area contributed by atoms with Gasteiger partial charge in [-0.1, -0.05) is 13.3 Å². The van der Waals surface area contributed by atoms with Crippen molar-refractivity contribution in [2.24, 2.45) is 5.14 Å². The lowest BCUT2D eigenvalue weighted by molar-refractivity contribution is -0.147. The van der Waals surface area contributed by atoms with E-state index in [-0.39, 0.29) is 0 Å². The van der Waals surface area contributed by atoms with Gasteiger partial charge in [0.05, 0.1) is 7.11 Å². The van der Waals surface area contributed by atoms with Gasteiger partial charge >= 0.3 is 5.97 Å². The van der Waals surface area contributed by atoms with Gasteiger partial charge in [-0.25, -0.2) is 5.14 Å². The number of hydrogen-bond donors (Lipinski definition) is 2. The van der Waals surface area contributed by atoms with Crippen LogP contribution in [0.25, 0.3) is 0 Å². The van der Waals surface area contributed by atoms with Crippen molar-refractivity contribution in [3.63, 3.8) is 0 Å². The molecule has 0 rings (SSSR count). The Bertz CT molecular complexity index is 301. The molecule has 0 aromatic heterocycles. The minimum atomic E-state index is -3.91. The summed E-state index contributed by atoms with van der Waals surface area (Å²) in [6, 6.07) is 0. The van der Waals surface area contributed by atoms with Crippen LogP contribution in [0.3, 0.4) is 0 Å². The highest BCUT2D eigenvalue weighted by molar-refractivity contribution is 7.87. The third kappa shape index (κ3) is 4.03. The van der Waals surface area contributed by atoms with Gasteiger partial charge in [-0.05, 0) is 13.3 Å². The monoisotopic (exact) mass is 224 g/mol. The minimum Gasteiger partial charge on any atom is -0.468 e. The number of nitrogens with one attached hydrogen (secondary N) is 1. The van der Waals surface area contributed by atoms with E-state index in [4.69, 9.17) is 5.14 Å². The second-order valence-corrected chi connectivity index (χ2v) is 4.51. The van der Waals surface area contributed by atoms with E-state index in [1.165, 1.54) is 14.0 Å². The van der Waals surface area contributed by atoms with E-state index in [9.17, 15) is 13.2 Å². The molecule has 0 amide bonds. The molecule has 0 fully saturated rings. The normalized spacial score (nSPS) is 16.0. The van der Waals surface area contributed by atoms with Crippen LogP contribution in [0, 0.1) is 0 Å². The van der Waals surface area contributed by atoms with Crippen molar-refractivity contribution in [1.29, 1.82) is 0 Å². The van der Waals surface area contributed by atoms with Gasteiger partial charge in [0.1, 0.15) is 5.54 Å². The largest absolute Gasteiger partial charge is 0.468 e. The van der Waals surface area contributed by atoms with Crippen molar-refractivity contribution in [2.75, 3.05) is 7.11 Å². The summed E-state index contributed by atoms with van der Waals surface area (Å²) in [5, 5.41) is 4.80. The van der Waals surface area contributed by atoms with Crippen LogP contribution >= 0.6 is 0 Å². The molecule has 0 saturated carbocycles. The van der Waals surface area contributed by atoms with Crippen LogP contribution < -0.4 is 9.86 Å². The molecule has 0 radical (unpaired) electrons. The standard InChI is InChI=1S/C7H16N2O4S/c1-4-5-7(2,6(10)13-3)9-14(8,11)12/h9H,4-5H2,1-3H3,(H2,8,11,12). The molecular formula is C7H16N2O4S. The molecule has 14 heavy (non-hydrogen) atoms. The first-order chi connectivity index (χ1) is 6.25. The summed E-state index contributed by atoms with van der Waals surface area (Å²) >= 11 is 0. The zero-order valence-corrected chi connectivity index (χ0v) is 9.35. The van der Waals surface area contributed by atoms with Crippen LogP contribution in [0.5, 0.6) is 0 Å². The predicted octanol–water partition coefficient (Wildman–Crippen LogP) is -0.489. The Kier molecular flexibility index (Phi) is 4.50. The topological polar surface area (TPSA) is 98.5 Å². The molecule has 0 aliphatic heterocycles. The van der Waals surface area contributed by atoms with Crippen molar-refractivity contribution in [2.45, 2.75) is 32.2 Å². The Labute approximate surface area is 84.0 Å². The maximum absolute atomic E-state index is 11.3. The van der Waals surface area contributed by atoms with Crippen LogP contribution in [0.15, 0.2) is 0 Å². The first kappa shape index (κ1) is 13.3. The summed E-state index contributed by atoms with van der Waals surface area (Å²) in [4.78, 5) is 11.3. The van der Waals surface area contributed by atoms with Gasteiger partial charge in [0.2, 0.25) is 0 Å². The van der Waals surface area contributed by atoms with Gasteiger partial charge in [0.15, 0.2) is 0 Å². The van der Waals surface area contributed by atoms with E-state index in [0.29, 0.717) is 12.8 Å². The second kappa shape index (κ2) is 4.72. The number of methoxy groups -OCH3 is 1. The number of ether oxygens (including phenoxy) is 1. The maximum Gasteiger partial charge on any atom is 0.326 e. The van der Waals surface area contributed by atoms with E-state index >= 15 is 0 Å². The zero-order valence-electron chi connectivity index (χ0n) is 8.53. The molecule has 0 bridgehead atoms. The van der Waals surface area contributed by atoms with Crippen LogP contribution in [0.4, 0.5) is 0 Å². The summed E-state index contributed by atoms with van der Waals surface area (Å²) in [5.74, 6) is -0.645. The van der Waals surface area contributed by atoms with Gasteiger partial charge < -0.3 is 4.74 Å². The van der Waals surface area contributed by atoms with Gasteiger partial charge in [0.25, 0.3) is 10.2 Å². The molecule has 7 heteroatoms. The maximum atomic E-state index is 11.3. The molecule has 0 heterocycles. The fraction of sp³-hybridized carbons (Fsp3) is 0.857. The molecule has 0 aromatic carbocycles. The molecule has 3 N–H and O–H groups in total. The van der Waals surface area contributed by atoms with Crippen molar-refractivity contribution < 1.29 is 17.9 Å². The fourth-order valence-electron chi connectivity index (χ4n) is 1.23. The summed E-state index contributed by atoms with van der Waals surface area (Å²) in [5.41, 5.74) is -1.28. The third-order valence-corrected chi connectivity index (χ3v) is 2.49. The average Bonchev–Trinajstić information content (AvgIpc) is 2.00. The number of carbonyl (C=O) groups excluding carboxylic acids is 1. The quantitative estimate of drug-likeness (QED) is 0.616. The third-order valence-electron chi connectivity index (χ3n) is 1.75. The van der Waals surface area contributed by atoms with Crippen LogP contribution in [0.2, 0.25) is 0 Å². The van der Waals surface area contributed by atoms with Crippen molar-refractivity contribution in [1.82, 2.24) is 4.72 Å². The number of esters is 1. The SMILES string of the molecule is CCCC(C)(NS(N)(=O)=O)C(=O)OC. The molecule has 0 aliphatic carbocycles. The molecule has 6 nitrogen and oxygen atoms in total. The minimum absolute atomic E-state index is 0.329. The van der Waals surface area contributed by atoms with Gasteiger partial charge in [-0.2, -0.15) is 13.1 Å². The summed E-state index contributed by atoms with van der Waals surface area (Å²) in [6.45, 7) is 3.26. The molecule has 0 aliphatic rings. The lowest BCUT2D eigenvalue weighted by Crippen LogP contribution is -2.54. The smallest absolute Gasteiger partial charge is 0.326 e. The zero-order chi connectivity index (χ0) is 11.4. The molecule has 0 saturated heterocycles.